The molecule has 1 aliphatic carbocycles. The molecule has 0 radical (unpaired) electrons. The average molecular weight is 292 g/mol. The van der Waals surface area contributed by atoms with Crippen LogP contribution in [-0.2, 0) is 0 Å². The smallest absolute Gasteiger partial charge is 0.310 e. The first-order valence-electron chi connectivity index (χ1n) is 7.25. The van der Waals surface area contributed by atoms with E-state index in [2.05, 4.69) is 0 Å². The van der Waals surface area contributed by atoms with Crippen LogP contribution >= 0.6 is 0 Å². The van der Waals surface area contributed by atoms with Gasteiger partial charge in [0.15, 0.2) is 5.75 Å². The third-order valence-corrected chi connectivity index (χ3v) is 4.11. The molecule has 1 fully saturated rings. The molecule has 0 atom stereocenters. The number of carbonyl (C=O) groups is 1. The van der Waals surface area contributed by atoms with Crippen LogP contribution in [0.15, 0.2) is 18.2 Å². The highest BCUT2D eigenvalue weighted by molar-refractivity contribution is 5.95. The molecule has 1 saturated carbocycles. The van der Waals surface area contributed by atoms with Gasteiger partial charge in [0.2, 0.25) is 0 Å². The van der Waals surface area contributed by atoms with E-state index in [1.807, 2.05) is 0 Å². The number of hydrogen-bond acceptors (Lipinski definition) is 4. The Labute approximate surface area is 123 Å². The highest BCUT2D eigenvalue weighted by atomic mass is 16.6. The SMILES string of the molecule is CN(C(=O)c1ccc([N+](=O)[O-])c(O)c1)C1CCCCCC1. The molecule has 0 bridgehead atoms. The number of hydrogen-bond donors (Lipinski definition) is 1. The predicted molar refractivity (Wildman–Crippen MR) is 78.3 cm³/mol. The van der Waals surface area contributed by atoms with Gasteiger partial charge in [0.1, 0.15) is 0 Å². The second-order valence-corrected chi connectivity index (χ2v) is 5.52. The fraction of sp³-hybridized carbons (Fsp3) is 0.533. The Morgan fingerprint density at radius 3 is 2.43 bits per heavy atom. The van der Waals surface area contributed by atoms with Crippen LogP contribution in [0.3, 0.4) is 0 Å². The second kappa shape index (κ2) is 6.56. The van der Waals surface area contributed by atoms with Gasteiger partial charge in [0.25, 0.3) is 5.91 Å². The average Bonchev–Trinajstić information content (AvgIpc) is 2.74. The van der Waals surface area contributed by atoms with Crippen LogP contribution in [0.4, 0.5) is 5.69 Å². The van der Waals surface area contributed by atoms with Gasteiger partial charge in [0, 0.05) is 24.7 Å². The van der Waals surface area contributed by atoms with Crippen molar-refractivity contribution in [2.75, 3.05) is 7.05 Å². The van der Waals surface area contributed by atoms with E-state index in [0.717, 1.165) is 25.7 Å². The molecule has 114 valence electrons. The standard InChI is InChI=1S/C15H20N2O4/c1-16(12-6-4-2-3-5-7-12)15(19)11-8-9-13(17(20)21)14(18)10-11/h8-10,12,18H,2-7H2,1H3. The van der Waals surface area contributed by atoms with Gasteiger partial charge in [0.05, 0.1) is 4.92 Å². The molecule has 0 aromatic heterocycles. The number of carbonyl (C=O) groups excluding carboxylic acids is 1. The highest BCUT2D eigenvalue weighted by Gasteiger charge is 2.24. The zero-order valence-corrected chi connectivity index (χ0v) is 12.1. The summed E-state index contributed by atoms with van der Waals surface area (Å²) in [6.07, 6.45) is 6.62. The number of phenolic OH excluding ortho intramolecular Hbond substituents is 1. The number of nitro benzene ring substituents is 1. The third-order valence-electron chi connectivity index (χ3n) is 4.11. The minimum absolute atomic E-state index is 0.202. The van der Waals surface area contributed by atoms with Crippen LogP contribution < -0.4 is 0 Å². The lowest BCUT2D eigenvalue weighted by Gasteiger charge is -2.27. The molecule has 0 saturated heterocycles. The molecule has 2 rings (SSSR count). The zero-order valence-electron chi connectivity index (χ0n) is 12.1. The summed E-state index contributed by atoms with van der Waals surface area (Å²) in [6.45, 7) is 0. The molecule has 1 N–H and O–H groups in total. The molecular weight excluding hydrogens is 272 g/mol. The first-order chi connectivity index (χ1) is 10.0. The van der Waals surface area contributed by atoms with Crippen LogP contribution in [0, 0.1) is 10.1 Å². The van der Waals surface area contributed by atoms with Crippen molar-refractivity contribution in [1.82, 2.24) is 4.90 Å². The molecular formula is C15H20N2O4. The van der Waals surface area contributed by atoms with Crippen molar-refractivity contribution >= 4 is 11.6 Å². The number of amides is 1. The van der Waals surface area contributed by atoms with E-state index in [9.17, 15) is 20.0 Å². The monoisotopic (exact) mass is 292 g/mol. The Kier molecular flexibility index (Phi) is 4.77. The third kappa shape index (κ3) is 3.51. The molecule has 6 nitrogen and oxygen atoms in total. The Hall–Kier alpha value is -2.11. The topological polar surface area (TPSA) is 83.7 Å². The number of nitrogens with zero attached hydrogens (tertiary/aromatic N) is 2. The summed E-state index contributed by atoms with van der Waals surface area (Å²) in [5, 5.41) is 20.3. The zero-order chi connectivity index (χ0) is 15.4. The molecule has 6 heteroatoms. The normalized spacial score (nSPS) is 16.2. The van der Waals surface area contributed by atoms with Crippen LogP contribution in [0.2, 0.25) is 0 Å². The van der Waals surface area contributed by atoms with Crippen molar-refractivity contribution in [3.63, 3.8) is 0 Å². The molecule has 1 aromatic rings. The van der Waals surface area contributed by atoms with Gasteiger partial charge in [-0.15, -0.1) is 0 Å². The summed E-state index contributed by atoms with van der Waals surface area (Å²) in [7, 11) is 1.76. The summed E-state index contributed by atoms with van der Waals surface area (Å²) < 4.78 is 0. The van der Waals surface area contributed by atoms with Gasteiger partial charge in [-0.25, -0.2) is 0 Å². The van der Waals surface area contributed by atoms with Crippen LogP contribution in [0.25, 0.3) is 0 Å². The Bertz CT molecular complexity index is 536. The maximum Gasteiger partial charge on any atom is 0.310 e. The second-order valence-electron chi connectivity index (χ2n) is 5.52. The first kappa shape index (κ1) is 15.3. The number of benzene rings is 1. The van der Waals surface area contributed by atoms with E-state index >= 15 is 0 Å². The Balaban J connectivity index is 2.15. The highest BCUT2D eigenvalue weighted by Crippen LogP contribution is 2.28. The number of rotatable bonds is 3. The molecule has 0 spiro atoms. The molecule has 1 amide bonds. The van der Waals surface area contributed by atoms with Gasteiger partial charge >= 0.3 is 5.69 Å². The minimum Gasteiger partial charge on any atom is -0.502 e. The number of nitro groups is 1. The Morgan fingerprint density at radius 1 is 1.29 bits per heavy atom. The maximum absolute atomic E-state index is 12.4. The van der Waals surface area contributed by atoms with Crippen LogP contribution in [-0.4, -0.2) is 33.9 Å². The van der Waals surface area contributed by atoms with E-state index in [4.69, 9.17) is 0 Å². The van der Waals surface area contributed by atoms with Crippen molar-refractivity contribution < 1.29 is 14.8 Å². The fourth-order valence-electron chi connectivity index (χ4n) is 2.83. The molecule has 0 aliphatic heterocycles. The van der Waals surface area contributed by atoms with E-state index in [0.29, 0.717) is 0 Å². The van der Waals surface area contributed by atoms with Crippen molar-refractivity contribution in [3.8, 4) is 5.75 Å². The first-order valence-corrected chi connectivity index (χ1v) is 7.25. The molecule has 21 heavy (non-hydrogen) atoms. The van der Waals surface area contributed by atoms with E-state index in [1.165, 1.54) is 31.0 Å². The quantitative estimate of drug-likeness (QED) is 0.527. The molecule has 1 aliphatic rings. The summed E-state index contributed by atoms with van der Waals surface area (Å²) in [4.78, 5) is 24.1. The number of phenols is 1. The lowest BCUT2D eigenvalue weighted by molar-refractivity contribution is -0.385. The molecule has 0 unspecified atom stereocenters. The van der Waals surface area contributed by atoms with Gasteiger partial charge in [-0.05, 0) is 25.0 Å². The fourth-order valence-corrected chi connectivity index (χ4v) is 2.83. The molecule has 0 heterocycles. The summed E-state index contributed by atoms with van der Waals surface area (Å²) >= 11 is 0. The minimum atomic E-state index is -0.668. The van der Waals surface area contributed by atoms with Crippen molar-refractivity contribution in [2.45, 2.75) is 44.6 Å². The van der Waals surface area contributed by atoms with Crippen LogP contribution in [0.1, 0.15) is 48.9 Å². The van der Waals surface area contributed by atoms with Crippen LogP contribution in [0.5, 0.6) is 5.75 Å². The van der Waals surface area contributed by atoms with Crippen molar-refractivity contribution in [2.24, 2.45) is 0 Å². The summed E-state index contributed by atoms with van der Waals surface area (Å²) in [6, 6.07) is 3.95. The van der Waals surface area contributed by atoms with Crippen molar-refractivity contribution in [3.05, 3.63) is 33.9 Å². The Morgan fingerprint density at radius 2 is 1.90 bits per heavy atom. The van der Waals surface area contributed by atoms with Gasteiger partial charge in [-0.1, -0.05) is 25.7 Å². The van der Waals surface area contributed by atoms with E-state index in [-0.39, 0.29) is 23.2 Å². The number of aromatic hydroxyl groups is 1. The van der Waals surface area contributed by atoms with E-state index in [1.54, 1.807) is 11.9 Å². The molecule has 1 aromatic carbocycles. The summed E-state index contributed by atoms with van der Waals surface area (Å²) in [5.41, 5.74) is -0.103. The van der Waals surface area contributed by atoms with Gasteiger partial charge in [-0.3, -0.25) is 14.9 Å². The van der Waals surface area contributed by atoms with Gasteiger partial charge in [-0.2, -0.15) is 0 Å². The van der Waals surface area contributed by atoms with E-state index < -0.39 is 10.7 Å². The van der Waals surface area contributed by atoms with Crippen molar-refractivity contribution in [1.29, 1.82) is 0 Å². The lowest BCUT2D eigenvalue weighted by Crippen LogP contribution is -2.36. The maximum atomic E-state index is 12.4. The lowest BCUT2D eigenvalue weighted by atomic mass is 10.1. The predicted octanol–water partition coefficient (Wildman–Crippen LogP) is 3.10. The largest absolute Gasteiger partial charge is 0.502 e. The summed E-state index contributed by atoms with van der Waals surface area (Å²) in [5.74, 6) is -0.674. The van der Waals surface area contributed by atoms with Gasteiger partial charge < -0.3 is 10.0 Å².